The Morgan fingerprint density at radius 2 is 1.70 bits per heavy atom. The number of anilines is 1. The third kappa shape index (κ3) is 4.05. The first-order chi connectivity index (χ1) is 11.1. The van der Waals surface area contributed by atoms with Gasteiger partial charge < -0.3 is 5.32 Å². The van der Waals surface area contributed by atoms with Gasteiger partial charge in [0.2, 0.25) is 0 Å². The molecule has 0 unspecified atom stereocenters. The van der Waals surface area contributed by atoms with E-state index in [1.807, 2.05) is 54.6 Å². The molecule has 0 aliphatic rings. The van der Waals surface area contributed by atoms with Crippen LogP contribution in [0.3, 0.4) is 0 Å². The highest BCUT2D eigenvalue weighted by molar-refractivity contribution is 14.1. The van der Waals surface area contributed by atoms with Crippen LogP contribution < -0.4 is 10.6 Å². The van der Waals surface area contributed by atoms with Crippen molar-refractivity contribution in [3.8, 4) is 0 Å². The quantitative estimate of drug-likeness (QED) is 0.461. The van der Waals surface area contributed by atoms with Gasteiger partial charge >= 0.3 is 0 Å². The number of carbonyl (C=O) groups excluding carboxylic acids is 1. The van der Waals surface area contributed by atoms with Crippen molar-refractivity contribution < 1.29 is 4.79 Å². The molecule has 0 heterocycles. The smallest absolute Gasteiger partial charge is 0.257 e. The molecule has 0 saturated heterocycles. The molecule has 3 nitrogen and oxygen atoms in total. The molecule has 0 atom stereocenters. The fourth-order valence-electron chi connectivity index (χ4n) is 2.23. The predicted octanol–water partition coefficient (Wildman–Crippen LogP) is 4.57. The van der Waals surface area contributed by atoms with Gasteiger partial charge in [-0.1, -0.05) is 36.4 Å². The molecule has 0 bridgehead atoms. The molecule has 1 amide bonds. The molecule has 0 aliphatic heterocycles. The van der Waals surface area contributed by atoms with E-state index in [9.17, 15) is 4.79 Å². The molecule has 5 heteroatoms. The summed E-state index contributed by atoms with van der Waals surface area (Å²) < 4.78 is 1.00. The minimum atomic E-state index is -0.221. The van der Waals surface area contributed by atoms with Gasteiger partial charge in [-0.3, -0.25) is 10.1 Å². The van der Waals surface area contributed by atoms with E-state index >= 15 is 0 Å². The van der Waals surface area contributed by atoms with Gasteiger partial charge in [-0.25, -0.2) is 0 Å². The zero-order valence-corrected chi connectivity index (χ0v) is 15.0. The topological polar surface area (TPSA) is 41.1 Å². The average molecular weight is 432 g/mol. The Bertz CT molecular complexity index is 895. The van der Waals surface area contributed by atoms with Crippen molar-refractivity contribution in [3.05, 3.63) is 75.9 Å². The lowest BCUT2D eigenvalue weighted by molar-refractivity contribution is 0.0977. The highest BCUT2D eigenvalue weighted by Crippen LogP contribution is 2.18. The number of thiocarbonyl (C=S) groups is 1. The molecule has 3 aromatic rings. The summed E-state index contributed by atoms with van der Waals surface area (Å²) in [5.41, 5.74) is 1.43. The molecule has 0 aromatic heterocycles. The van der Waals surface area contributed by atoms with Gasteiger partial charge in [0, 0.05) is 14.8 Å². The number of amides is 1. The Morgan fingerprint density at radius 3 is 2.48 bits per heavy atom. The normalized spacial score (nSPS) is 10.3. The third-order valence-corrected chi connectivity index (χ3v) is 4.20. The highest BCUT2D eigenvalue weighted by Gasteiger charge is 2.08. The molecule has 2 N–H and O–H groups in total. The van der Waals surface area contributed by atoms with Crippen molar-refractivity contribution in [3.63, 3.8) is 0 Å². The van der Waals surface area contributed by atoms with E-state index in [-0.39, 0.29) is 11.0 Å². The molecule has 114 valence electrons. The van der Waals surface area contributed by atoms with E-state index in [1.165, 1.54) is 0 Å². The number of nitrogens with one attached hydrogen (secondary N) is 2. The van der Waals surface area contributed by atoms with Crippen LogP contribution in [0.25, 0.3) is 10.8 Å². The molecule has 3 aromatic carbocycles. The molecule has 0 radical (unpaired) electrons. The van der Waals surface area contributed by atoms with Gasteiger partial charge in [0.05, 0.1) is 0 Å². The second kappa shape index (κ2) is 7.06. The van der Waals surface area contributed by atoms with E-state index in [4.69, 9.17) is 12.2 Å². The van der Waals surface area contributed by atoms with Crippen molar-refractivity contribution in [2.45, 2.75) is 0 Å². The molecule has 0 saturated carbocycles. The number of carbonyl (C=O) groups is 1. The molecule has 0 aliphatic carbocycles. The van der Waals surface area contributed by atoms with Crippen LogP contribution in [0.1, 0.15) is 10.4 Å². The fourth-order valence-corrected chi connectivity index (χ4v) is 2.99. The van der Waals surface area contributed by atoms with E-state index in [2.05, 4.69) is 39.3 Å². The maximum atomic E-state index is 12.2. The summed E-state index contributed by atoms with van der Waals surface area (Å²) in [4.78, 5) is 12.2. The maximum absolute atomic E-state index is 12.2. The van der Waals surface area contributed by atoms with Crippen LogP contribution in [0.15, 0.2) is 66.7 Å². The molecule has 23 heavy (non-hydrogen) atoms. The van der Waals surface area contributed by atoms with Gasteiger partial charge in [0.1, 0.15) is 0 Å². The van der Waals surface area contributed by atoms with Crippen LogP contribution in [-0.4, -0.2) is 11.0 Å². The molecular formula is C18H13IN2OS. The predicted molar refractivity (Wildman–Crippen MR) is 107 cm³/mol. The monoisotopic (exact) mass is 432 g/mol. The first kappa shape index (κ1) is 15.9. The first-order valence-electron chi connectivity index (χ1n) is 6.98. The minimum absolute atomic E-state index is 0.221. The van der Waals surface area contributed by atoms with Crippen molar-refractivity contribution in [1.82, 2.24) is 5.32 Å². The summed E-state index contributed by atoms with van der Waals surface area (Å²) in [6.45, 7) is 0. The summed E-state index contributed by atoms with van der Waals surface area (Å²) in [5.74, 6) is -0.221. The van der Waals surface area contributed by atoms with Crippen LogP contribution in [0.2, 0.25) is 0 Å². The second-order valence-electron chi connectivity index (χ2n) is 4.98. The van der Waals surface area contributed by atoms with E-state index < -0.39 is 0 Å². The van der Waals surface area contributed by atoms with Crippen molar-refractivity contribution >= 4 is 62.3 Å². The molecule has 3 rings (SSSR count). The van der Waals surface area contributed by atoms with Gasteiger partial charge in [-0.15, -0.1) is 0 Å². The van der Waals surface area contributed by atoms with Gasteiger partial charge in [-0.2, -0.15) is 0 Å². The fraction of sp³-hybridized carbons (Fsp3) is 0. The highest BCUT2D eigenvalue weighted by atomic mass is 127. The van der Waals surface area contributed by atoms with Gasteiger partial charge in [0.25, 0.3) is 5.91 Å². The lowest BCUT2D eigenvalue weighted by Crippen LogP contribution is -2.34. The standard InChI is InChI=1S/C18H13IN2OS/c19-15-7-3-6-14(10-15)17(22)21-18(23)20-16-9-8-12-4-1-2-5-13(12)11-16/h1-11H,(H2,20,21,22,23). The van der Waals surface area contributed by atoms with Crippen LogP contribution in [-0.2, 0) is 0 Å². The Labute approximate surface area is 153 Å². The lowest BCUT2D eigenvalue weighted by atomic mass is 10.1. The molecule has 0 fully saturated rings. The Kier molecular flexibility index (Phi) is 4.88. The zero-order chi connectivity index (χ0) is 16.2. The number of benzene rings is 3. The van der Waals surface area contributed by atoms with Crippen molar-refractivity contribution in [1.29, 1.82) is 0 Å². The Hall–Kier alpha value is -1.99. The first-order valence-corrected chi connectivity index (χ1v) is 8.47. The zero-order valence-electron chi connectivity index (χ0n) is 12.0. The van der Waals surface area contributed by atoms with Gasteiger partial charge in [-0.05, 0) is 75.9 Å². The minimum Gasteiger partial charge on any atom is -0.332 e. The summed E-state index contributed by atoms with van der Waals surface area (Å²) in [5, 5.41) is 8.30. The number of rotatable bonds is 2. The van der Waals surface area contributed by atoms with E-state index in [0.717, 1.165) is 20.0 Å². The van der Waals surface area contributed by atoms with Crippen LogP contribution in [0.4, 0.5) is 5.69 Å². The Morgan fingerprint density at radius 1 is 0.913 bits per heavy atom. The van der Waals surface area contributed by atoms with E-state index in [0.29, 0.717) is 5.56 Å². The number of fused-ring (bicyclic) bond motifs is 1. The number of halogens is 1. The molecule has 0 spiro atoms. The van der Waals surface area contributed by atoms with Crippen molar-refractivity contribution in [2.24, 2.45) is 0 Å². The SMILES string of the molecule is O=C(NC(=S)Nc1ccc2ccccc2c1)c1cccc(I)c1. The second-order valence-corrected chi connectivity index (χ2v) is 6.63. The third-order valence-electron chi connectivity index (χ3n) is 3.32. The summed E-state index contributed by atoms with van der Waals surface area (Å²) in [7, 11) is 0. The Balaban J connectivity index is 1.69. The van der Waals surface area contributed by atoms with Crippen LogP contribution in [0.5, 0.6) is 0 Å². The van der Waals surface area contributed by atoms with Gasteiger partial charge in [0.15, 0.2) is 5.11 Å². The van der Waals surface area contributed by atoms with Crippen LogP contribution in [0, 0.1) is 3.57 Å². The largest absolute Gasteiger partial charge is 0.332 e. The average Bonchev–Trinajstić information content (AvgIpc) is 2.54. The number of hydrogen-bond donors (Lipinski definition) is 2. The van der Waals surface area contributed by atoms with Crippen LogP contribution >= 0.6 is 34.8 Å². The van der Waals surface area contributed by atoms with Crippen molar-refractivity contribution in [2.75, 3.05) is 5.32 Å². The lowest BCUT2D eigenvalue weighted by Gasteiger charge is -2.10. The number of hydrogen-bond acceptors (Lipinski definition) is 2. The summed E-state index contributed by atoms with van der Waals surface area (Å²) in [6.07, 6.45) is 0. The van der Waals surface area contributed by atoms with E-state index in [1.54, 1.807) is 6.07 Å². The molecular weight excluding hydrogens is 419 g/mol. The maximum Gasteiger partial charge on any atom is 0.257 e. The summed E-state index contributed by atoms with van der Waals surface area (Å²) >= 11 is 7.39. The summed E-state index contributed by atoms with van der Waals surface area (Å²) in [6, 6.07) is 21.4.